The summed E-state index contributed by atoms with van der Waals surface area (Å²) in [4.78, 5) is 8.41. The van der Waals surface area contributed by atoms with E-state index >= 15 is 0 Å². The van der Waals surface area contributed by atoms with Gasteiger partial charge in [0.2, 0.25) is 0 Å². The maximum absolute atomic E-state index is 6.53. The van der Waals surface area contributed by atoms with Crippen LogP contribution >= 0.6 is 11.6 Å². The molecule has 3 aromatic rings. The molecule has 2 heterocycles. The predicted molar refractivity (Wildman–Crippen MR) is 78.4 cm³/mol. The molecule has 0 aliphatic rings. The summed E-state index contributed by atoms with van der Waals surface area (Å²) in [5, 5.41) is -0.365. The van der Waals surface area contributed by atoms with Gasteiger partial charge in [-0.15, -0.1) is 18.0 Å². The van der Waals surface area contributed by atoms with Crippen LogP contribution in [0.2, 0.25) is 0 Å². The van der Waals surface area contributed by atoms with Crippen molar-refractivity contribution in [1.29, 1.82) is 0 Å². The van der Waals surface area contributed by atoms with Crippen LogP contribution in [0.1, 0.15) is 22.6 Å². The number of rotatable bonds is 3. The zero-order valence-electron chi connectivity index (χ0n) is 10.5. The van der Waals surface area contributed by atoms with Crippen molar-refractivity contribution in [2.45, 2.75) is 11.3 Å². The van der Waals surface area contributed by atoms with E-state index in [0.717, 1.165) is 22.4 Å². The summed E-state index contributed by atoms with van der Waals surface area (Å²) < 4.78 is 5.22. The molecule has 0 aliphatic heterocycles. The average molecular weight is 283 g/mol. The van der Waals surface area contributed by atoms with Gasteiger partial charge in [0.05, 0.1) is 17.0 Å². The summed E-state index contributed by atoms with van der Waals surface area (Å²) in [6.45, 7) is 0. The van der Waals surface area contributed by atoms with Gasteiger partial charge in [-0.3, -0.25) is 4.98 Å². The average Bonchev–Trinajstić information content (AvgIpc) is 2.96. The smallest absolute Gasteiger partial charge is 0.181 e. The highest BCUT2D eigenvalue weighted by Crippen LogP contribution is 2.36. The first-order chi connectivity index (χ1) is 9.79. The van der Waals surface area contributed by atoms with Crippen LogP contribution in [0.5, 0.6) is 0 Å². The fraction of sp³-hybridized carbons (Fsp3) is 0.125. The van der Waals surface area contributed by atoms with Crippen molar-refractivity contribution in [1.82, 2.24) is 9.97 Å². The van der Waals surface area contributed by atoms with Crippen molar-refractivity contribution in [3.05, 3.63) is 60.2 Å². The highest BCUT2D eigenvalue weighted by molar-refractivity contribution is 6.21. The maximum Gasteiger partial charge on any atom is 0.181 e. The van der Waals surface area contributed by atoms with E-state index in [1.165, 1.54) is 6.39 Å². The predicted octanol–water partition coefficient (Wildman–Crippen LogP) is 3.92. The molecule has 2 atom stereocenters. The molecule has 0 bridgehead atoms. The number of aromatic nitrogens is 2. The number of fused-ring (bicyclic) bond motifs is 1. The molecule has 0 fully saturated rings. The Hall–Kier alpha value is -2.31. The zero-order chi connectivity index (χ0) is 13.9. The van der Waals surface area contributed by atoms with Gasteiger partial charge in [0.1, 0.15) is 5.52 Å². The highest BCUT2D eigenvalue weighted by atomic mass is 35.5. The number of hydrogen-bond acceptors (Lipinski definition) is 3. The topological polar surface area (TPSA) is 38.9 Å². The van der Waals surface area contributed by atoms with Crippen molar-refractivity contribution >= 4 is 22.7 Å². The van der Waals surface area contributed by atoms with Gasteiger partial charge in [0, 0.05) is 6.20 Å². The van der Waals surface area contributed by atoms with Gasteiger partial charge < -0.3 is 4.42 Å². The molecule has 0 saturated heterocycles. The summed E-state index contributed by atoms with van der Waals surface area (Å²) in [5.74, 6) is 2.43. The minimum Gasteiger partial charge on any atom is -0.443 e. The van der Waals surface area contributed by atoms with E-state index in [4.69, 9.17) is 22.4 Å². The van der Waals surface area contributed by atoms with Gasteiger partial charge >= 0.3 is 0 Å². The Kier molecular flexibility index (Phi) is 3.41. The Morgan fingerprint density at radius 1 is 1.20 bits per heavy atom. The number of pyridine rings is 1. The van der Waals surface area contributed by atoms with Crippen LogP contribution in [0.15, 0.2) is 53.4 Å². The summed E-state index contributed by atoms with van der Waals surface area (Å²) in [6.07, 6.45) is 8.75. The van der Waals surface area contributed by atoms with E-state index in [0.29, 0.717) is 0 Å². The molecule has 2 unspecified atom stereocenters. The number of hydrogen-bond donors (Lipinski definition) is 0. The molecule has 0 N–H and O–H groups in total. The van der Waals surface area contributed by atoms with Crippen molar-refractivity contribution < 1.29 is 4.42 Å². The lowest BCUT2D eigenvalue weighted by Gasteiger charge is -2.17. The molecule has 1 aromatic carbocycles. The van der Waals surface area contributed by atoms with Gasteiger partial charge in [0.15, 0.2) is 12.0 Å². The van der Waals surface area contributed by atoms with E-state index < -0.39 is 0 Å². The maximum atomic E-state index is 6.53. The molecule has 3 rings (SSSR count). The highest BCUT2D eigenvalue weighted by Gasteiger charge is 2.22. The molecule has 20 heavy (non-hydrogen) atoms. The lowest BCUT2D eigenvalue weighted by Crippen LogP contribution is -2.06. The number of halogens is 1. The second-order valence-electron chi connectivity index (χ2n) is 4.38. The van der Waals surface area contributed by atoms with E-state index in [1.807, 2.05) is 36.4 Å². The first-order valence-corrected chi connectivity index (χ1v) is 6.57. The van der Waals surface area contributed by atoms with Crippen LogP contribution in [-0.4, -0.2) is 9.97 Å². The fourth-order valence-corrected chi connectivity index (χ4v) is 2.46. The lowest BCUT2D eigenvalue weighted by atomic mass is 9.95. The Labute approximate surface area is 121 Å². The van der Waals surface area contributed by atoms with Gasteiger partial charge in [-0.2, -0.15) is 0 Å². The molecule has 0 spiro atoms. The normalized spacial score (nSPS) is 13.8. The van der Waals surface area contributed by atoms with Crippen LogP contribution < -0.4 is 0 Å². The molecular weight excluding hydrogens is 272 g/mol. The van der Waals surface area contributed by atoms with E-state index in [-0.39, 0.29) is 11.3 Å². The van der Waals surface area contributed by atoms with Gasteiger partial charge in [-0.1, -0.05) is 18.1 Å². The molecule has 0 amide bonds. The number of oxazole rings is 1. The largest absolute Gasteiger partial charge is 0.443 e. The Morgan fingerprint density at radius 2 is 2.10 bits per heavy atom. The Morgan fingerprint density at radius 3 is 2.85 bits per heavy atom. The summed E-state index contributed by atoms with van der Waals surface area (Å²) in [6, 6.07) is 11.3. The van der Waals surface area contributed by atoms with Gasteiger partial charge in [-0.25, -0.2) is 4.98 Å². The van der Waals surface area contributed by atoms with Crippen molar-refractivity contribution in [3.63, 3.8) is 0 Å². The molecular formula is C16H11ClN2O. The van der Waals surface area contributed by atoms with Crippen molar-refractivity contribution in [3.8, 4) is 12.3 Å². The summed E-state index contributed by atoms with van der Waals surface area (Å²) >= 11 is 6.53. The number of alkyl halides is 1. The first-order valence-electron chi connectivity index (χ1n) is 6.14. The number of benzene rings is 1. The molecule has 4 heteroatoms. The van der Waals surface area contributed by atoms with Crippen molar-refractivity contribution in [2.24, 2.45) is 0 Å². The van der Waals surface area contributed by atoms with E-state index in [2.05, 4.69) is 15.9 Å². The molecule has 2 aromatic heterocycles. The van der Waals surface area contributed by atoms with Gasteiger partial charge in [0.25, 0.3) is 0 Å². The standard InChI is InChI=1S/C16H11ClN2O/c1-2-12(13-5-3-4-8-18-13)16(17)11-6-7-15-14(9-11)19-10-20-15/h1,3-10,12,16H. The SMILES string of the molecule is C#CC(c1ccccn1)C(Cl)c1ccc2ocnc2c1. The molecule has 3 nitrogen and oxygen atoms in total. The van der Waals surface area contributed by atoms with Crippen LogP contribution in [0.3, 0.4) is 0 Å². The molecule has 0 radical (unpaired) electrons. The second-order valence-corrected chi connectivity index (χ2v) is 4.85. The van der Waals surface area contributed by atoms with Gasteiger partial charge in [-0.05, 0) is 29.8 Å². The fourth-order valence-electron chi connectivity index (χ4n) is 2.12. The number of terminal acetylenes is 1. The molecule has 98 valence electrons. The first kappa shape index (κ1) is 12.7. The van der Waals surface area contributed by atoms with Crippen LogP contribution in [0.4, 0.5) is 0 Å². The molecule has 0 saturated carbocycles. The van der Waals surface area contributed by atoms with Crippen LogP contribution in [0.25, 0.3) is 11.1 Å². The minimum atomic E-state index is -0.365. The van der Waals surface area contributed by atoms with E-state index in [9.17, 15) is 0 Å². The third-order valence-electron chi connectivity index (χ3n) is 3.15. The zero-order valence-corrected chi connectivity index (χ0v) is 11.3. The second kappa shape index (κ2) is 5.36. The Balaban J connectivity index is 1.97. The minimum absolute atomic E-state index is 0.290. The summed E-state index contributed by atoms with van der Waals surface area (Å²) in [7, 11) is 0. The van der Waals surface area contributed by atoms with Crippen LogP contribution in [0, 0.1) is 12.3 Å². The third-order valence-corrected chi connectivity index (χ3v) is 3.66. The van der Waals surface area contributed by atoms with Crippen molar-refractivity contribution in [2.75, 3.05) is 0 Å². The summed E-state index contributed by atoms with van der Waals surface area (Å²) in [5.41, 5.74) is 3.19. The Bertz CT molecular complexity index is 761. The number of nitrogens with zero attached hydrogens (tertiary/aromatic N) is 2. The molecule has 0 aliphatic carbocycles. The third kappa shape index (κ3) is 2.26. The van der Waals surface area contributed by atoms with Crippen LogP contribution in [-0.2, 0) is 0 Å². The monoisotopic (exact) mass is 282 g/mol. The quantitative estimate of drug-likeness (QED) is 0.540. The van der Waals surface area contributed by atoms with E-state index in [1.54, 1.807) is 6.20 Å². The lowest BCUT2D eigenvalue weighted by molar-refractivity contribution is 0.602.